The lowest BCUT2D eigenvalue weighted by molar-refractivity contribution is -0.116. The molecule has 1 amide bonds. The average molecular weight is 470 g/mol. The van der Waals surface area contributed by atoms with Gasteiger partial charge >= 0.3 is 5.97 Å². The molecule has 1 atom stereocenters. The van der Waals surface area contributed by atoms with Gasteiger partial charge in [0.15, 0.2) is 11.5 Å². The first-order valence-electron chi connectivity index (χ1n) is 11.9. The van der Waals surface area contributed by atoms with E-state index in [0.29, 0.717) is 29.2 Å². The fourth-order valence-electron chi connectivity index (χ4n) is 4.21. The van der Waals surface area contributed by atoms with Crippen LogP contribution in [0.2, 0.25) is 0 Å². The van der Waals surface area contributed by atoms with E-state index < -0.39 is 5.97 Å². The van der Waals surface area contributed by atoms with Gasteiger partial charge in [-0.2, -0.15) is 0 Å². The first-order chi connectivity index (χ1) is 16.2. The Morgan fingerprint density at radius 2 is 1.74 bits per heavy atom. The highest BCUT2D eigenvalue weighted by Crippen LogP contribution is 2.39. The van der Waals surface area contributed by atoms with Crippen LogP contribution in [0.5, 0.6) is 11.5 Å². The molecule has 2 rings (SSSR count). The van der Waals surface area contributed by atoms with Gasteiger partial charge in [-0.3, -0.25) is 4.79 Å². The van der Waals surface area contributed by atoms with E-state index in [4.69, 9.17) is 14.2 Å². The summed E-state index contributed by atoms with van der Waals surface area (Å²) in [5.74, 6) is 0.746. The normalized spacial score (nSPS) is 12.1. The standard InChI is InChI=1S/C28H39NO5/c1-8-9-10-12-19(21-13-11-14-24(32-5)26(21)33-6)18-25(30)29-23-17-20(27(31)34-7)15-16-22(23)28(2,3)4/h11,13-17,19H,8-10,12,18H2,1-7H3,(H,29,30). The van der Waals surface area contributed by atoms with Crippen molar-refractivity contribution in [3.8, 4) is 11.5 Å². The van der Waals surface area contributed by atoms with Gasteiger partial charge < -0.3 is 19.5 Å². The molecule has 0 aromatic heterocycles. The van der Waals surface area contributed by atoms with Gasteiger partial charge in [0, 0.05) is 17.7 Å². The van der Waals surface area contributed by atoms with Crippen molar-refractivity contribution in [2.75, 3.05) is 26.6 Å². The maximum Gasteiger partial charge on any atom is 0.337 e. The molecule has 0 fully saturated rings. The zero-order valence-electron chi connectivity index (χ0n) is 21.6. The van der Waals surface area contributed by atoms with Gasteiger partial charge in [-0.15, -0.1) is 0 Å². The molecule has 0 bridgehead atoms. The molecule has 2 aromatic rings. The van der Waals surface area contributed by atoms with E-state index in [-0.39, 0.29) is 17.2 Å². The summed E-state index contributed by atoms with van der Waals surface area (Å²) in [7, 11) is 4.59. The number of nitrogens with one attached hydrogen (secondary N) is 1. The van der Waals surface area contributed by atoms with Gasteiger partial charge in [0.2, 0.25) is 5.91 Å². The van der Waals surface area contributed by atoms with Crippen LogP contribution >= 0.6 is 0 Å². The highest BCUT2D eigenvalue weighted by Gasteiger charge is 2.25. The summed E-state index contributed by atoms with van der Waals surface area (Å²) in [6.07, 6.45) is 4.36. The van der Waals surface area contributed by atoms with Gasteiger partial charge in [0.05, 0.1) is 26.9 Å². The lowest BCUT2D eigenvalue weighted by Crippen LogP contribution is -2.21. The van der Waals surface area contributed by atoms with E-state index >= 15 is 0 Å². The molecule has 0 heterocycles. The molecule has 6 heteroatoms. The minimum atomic E-state index is -0.436. The Bertz CT molecular complexity index is 977. The number of para-hydroxylation sites is 1. The third-order valence-corrected chi connectivity index (χ3v) is 5.98. The topological polar surface area (TPSA) is 73.9 Å². The van der Waals surface area contributed by atoms with Gasteiger partial charge in [0.1, 0.15) is 0 Å². The minimum Gasteiger partial charge on any atom is -0.493 e. The largest absolute Gasteiger partial charge is 0.493 e. The molecule has 0 radical (unpaired) electrons. The smallest absolute Gasteiger partial charge is 0.337 e. The second kappa shape index (κ2) is 12.4. The van der Waals surface area contributed by atoms with Crippen molar-refractivity contribution in [2.24, 2.45) is 0 Å². The van der Waals surface area contributed by atoms with Crippen molar-refractivity contribution in [2.45, 2.75) is 71.1 Å². The number of unbranched alkanes of at least 4 members (excludes halogenated alkanes) is 2. The van der Waals surface area contributed by atoms with Crippen molar-refractivity contribution < 1.29 is 23.8 Å². The van der Waals surface area contributed by atoms with E-state index in [1.54, 1.807) is 26.4 Å². The summed E-state index contributed by atoms with van der Waals surface area (Å²) in [5, 5.41) is 3.07. The van der Waals surface area contributed by atoms with Gasteiger partial charge in [-0.1, -0.05) is 65.2 Å². The molecule has 186 valence electrons. The Morgan fingerprint density at radius 1 is 1.00 bits per heavy atom. The molecular formula is C28H39NO5. The molecule has 0 saturated heterocycles. The van der Waals surface area contributed by atoms with Gasteiger partial charge in [-0.05, 0) is 41.5 Å². The number of ether oxygens (including phenoxy) is 3. The van der Waals surface area contributed by atoms with E-state index in [1.165, 1.54) is 7.11 Å². The summed E-state index contributed by atoms with van der Waals surface area (Å²) in [6, 6.07) is 11.1. The SMILES string of the molecule is CCCCCC(CC(=O)Nc1cc(C(=O)OC)ccc1C(C)(C)C)c1cccc(OC)c1OC. The Kier molecular flexibility index (Phi) is 9.97. The molecule has 0 spiro atoms. The summed E-state index contributed by atoms with van der Waals surface area (Å²) in [6.45, 7) is 8.38. The third-order valence-electron chi connectivity index (χ3n) is 5.98. The second-order valence-electron chi connectivity index (χ2n) is 9.53. The number of benzene rings is 2. The summed E-state index contributed by atoms with van der Waals surface area (Å²) in [5.41, 5.74) is 2.74. The number of rotatable bonds is 11. The first kappa shape index (κ1) is 27.2. The van der Waals surface area contributed by atoms with Crippen molar-refractivity contribution in [1.82, 2.24) is 0 Å². The van der Waals surface area contributed by atoms with E-state index in [1.807, 2.05) is 24.3 Å². The number of hydrogen-bond donors (Lipinski definition) is 1. The zero-order chi connectivity index (χ0) is 25.3. The van der Waals surface area contributed by atoms with Crippen LogP contribution in [0.3, 0.4) is 0 Å². The number of anilines is 1. The quantitative estimate of drug-likeness (QED) is 0.301. The third kappa shape index (κ3) is 6.99. The maximum atomic E-state index is 13.3. The van der Waals surface area contributed by atoms with Crippen LogP contribution in [0.15, 0.2) is 36.4 Å². The number of methoxy groups -OCH3 is 3. The van der Waals surface area contributed by atoms with Crippen LogP contribution in [-0.4, -0.2) is 33.2 Å². The number of carbonyl (C=O) groups is 2. The lowest BCUT2D eigenvalue weighted by Gasteiger charge is -2.25. The van der Waals surface area contributed by atoms with Crippen molar-refractivity contribution in [1.29, 1.82) is 0 Å². The second-order valence-corrected chi connectivity index (χ2v) is 9.53. The number of esters is 1. The van der Waals surface area contributed by atoms with Crippen molar-refractivity contribution >= 4 is 17.6 Å². The van der Waals surface area contributed by atoms with Gasteiger partial charge in [-0.25, -0.2) is 4.79 Å². The molecule has 2 aromatic carbocycles. The molecule has 0 saturated carbocycles. The highest BCUT2D eigenvalue weighted by molar-refractivity contribution is 5.96. The highest BCUT2D eigenvalue weighted by atomic mass is 16.5. The van der Waals surface area contributed by atoms with Crippen LogP contribution in [0, 0.1) is 0 Å². The number of hydrogen-bond acceptors (Lipinski definition) is 5. The molecule has 6 nitrogen and oxygen atoms in total. The Morgan fingerprint density at radius 3 is 2.32 bits per heavy atom. The Labute approximate surface area is 204 Å². The zero-order valence-corrected chi connectivity index (χ0v) is 21.6. The first-order valence-corrected chi connectivity index (χ1v) is 11.9. The van der Waals surface area contributed by atoms with Crippen LogP contribution in [0.4, 0.5) is 5.69 Å². The van der Waals surface area contributed by atoms with E-state index in [2.05, 4.69) is 33.0 Å². The number of carbonyl (C=O) groups excluding carboxylic acids is 2. The number of amides is 1. The van der Waals surface area contributed by atoms with E-state index in [0.717, 1.165) is 36.8 Å². The molecule has 0 aliphatic heterocycles. The van der Waals surface area contributed by atoms with E-state index in [9.17, 15) is 9.59 Å². The van der Waals surface area contributed by atoms with Crippen LogP contribution in [0.1, 0.15) is 87.2 Å². The molecule has 0 aliphatic rings. The molecule has 1 unspecified atom stereocenters. The van der Waals surface area contributed by atoms with Crippen molar-refractivity contribution in [3.05, 3.63) is 53.1 Å². The monoisotopic (exact) mass is 469 g/mol. The predicted molar refractivity (Wildman–Crippen MR) is 136 cm³/mol. The molecular weight excluding hydrogens is 430 g/mol. The summed E-state index contributed by atoms with van der Waals surface area (Å²) >= 11 is 0. The predicted octanol–water partition coefficient (Wildman–Crippen LogP) is 6.48. The van der Waals surface area contributed by atoms with Crippen LogP contribution < -0.4 is 14.8 Å². The molecule has 0 aliphatic carbocycles. The lowest BCUT2D eigenvalue weighted by atomic mass is 9.85. The van der Waals surface area contributed by atoms with Crippen LogP contribution in [0.25, 0.3) is 0 Å². The van der Waals surface area contributed by atoms with Crippen molar-refractivity contribution in [3.63, 3.8) is 0 Å². The Balaban J connectivity index is 2.37. The maximum absolute atomic E-state index is 13.3. The molecule has 1 N–H and O–H groups in total. The van der Waals surface area contributed by atoms with Gasteiger partial charge in [0.25, 0.3) is 0 Å². The summed E-state index contributed by atoms with van der Waals surface area (Å²) < 4.78 is 16.0. The summed E-state index contributed by atoms with van der Waals surface area (Å²) in [4.78, 5) is 25.4. The fourth-order valence-corrected chi connectivity index (χ4v) is 4.21. The fraction of sp³-hybridized carbons (Fsp3) is 0.500. The molecule has 34 heavy (non-hydrogen) atoms. The minimum absolute atomic E-state index is 0.0292. The average Bonchev–Trinajstić information content (AvgIpc) is 2.81. The van der Waals surface area contributed by atoms with Crippen LogP contribution in [-0.2, 0) is 14.9 Å². The Hall–Kier alpha value is -3.02.